The van der Waals surface area contributed by atoms with Crippen LogP contribution < -0.4 is 21.2 Å². The topological polar surface area (TPSA) is 35.4 Å². The molecule has 0 amide bonds. The van der Waals surface area contributed by atoms with E-state index < -0.39 is 0 Å². The summed E-state index contributed by atoms with van der Waals surface area (Å²) in [6.07, 6.45) is 3.33. The Morgan fingerprint density at radius 1 is 1.33 bits per heavy atom. The first-order valence-electron chi connectivity index (χ1n) is 5.26. The van der Waals surface area contributed by atoms with E-state index in [1.807, 2.05) is 6.07 Å². The van der Waals surface area contributed by atoms with E-state index in [9.17, 15) is 5.21 Å². The molecule has 1 aliphatic carbocycles. The number of benzene rings is 1. The zero-order chi connectivity index (χ0) is 10.3. The quantitative estimate of drug-likeness (QED) is 0.398. The number of alkyl halides is 2. The summed E-state index contributed by atoms with van der Waals surface area (Å²) in [6.45, 7) is 0. The van der Waals surface area contributed by atoms with Gasteiger partial charge in [-0.15, -0.1) is 0 Å². The van der Waals surface area contributed by atoms with Crippen molar-refractivity contribution in [2.75, 3.05) is 0 Å². The van der Waals surface area contributed by atoms with Gasteiger partial charge >= 0.3 is 21.2 Å². The van der Waals surface area contributed by atoms with Crippen LogP contribution in [0.1, 0.15) is 28.8 Å². The average molecular weight is 313 g/mol. The van der Waals surface area contributed by atoms with Gasteiger partial charge in [0, 0.05) is 12.0 Å². The third-order valence-corrected chi connectivity index (χ3v) is 7.92. The van der Waals surface area contributed by atoms with E-state index in [2.05, 4.69) is 29.4 Å². The van der Waals surface area contributed by atoms with Crippen molar-refractivity contribution in [3.63, 3.8) is 0 Å². The van der Waals surface area contributed by atoms with Crippen molar-refractivity contribution >= 4 is 5.71 Å². The van der Waals surface area contributed by atoms with Gasteiger partial charge in [0.15, 0.2) is 0 Å². The highest BCUT2D eigenvalue weighted by Gasteiger charge is 2.78. The van der Waals surface area contributed by atoms with Gasteiger partial charge in [0.1, 0.15) is 0 Å². The van der Waals surface area contributed by atoms with Crippen LogP contribution in [0.2, 0.25) is 0 Å². The molecular weight excluding hydrogens is 301 g/mol. The van der Waals surface area contributed by atoms with E-state index in [1.165, 1.54) is 18.4 Å². The lowest BCUT2D eigenvalue weighted by atomic mass is 9.97. The molecule has 2 fully saturated rings. The van der Waals surface area contributed by atoms with Crippen molar-refractivity contribution in [2.45, 2.75) is 26.6 Å². The minimum atomic E-state index is 0.128. The van der Waals surface area contributed by atoms with Gasteiger partial charge < -0.3 is 10.4 Å². The molecule has 1 saturated heterocycles. The Morgan fingerprint density at radius 3 is 2.87 bits per heavy atom. The Hall–Kier alpha value is -0.580. The molecule has 1 aromatic rings. The summed E-state index contributed by atoms with van der Waals surface area (Å²) in [7, 11) is 0. The van der Waals surface area contributed by atoms with Crippen molar-refractivity contribution in [3.05, 3.63) is 41.1 Å². The maximum Gasteiger partial charge on any atom is 0.302 e. The lowest BCUT2D eigenvalue weighted by molar-refractivity contribution is -0.530. The van der Waals surface area contributed by atoms with Gasteiger partial charge in [-0.1, -0.05) is 30.3 Å². The van der Waals surface area contributed by atoms with Crippen LogP contribution in [0.3, 0.4) is 0 Å². The third-order valence-electron chi connectivity index (χ3n) is 3.29. The first-order valence-corrected chi connectivity index (χ1v) is 7.58. The molecule has 1 aliphatic heterocycles. The Balaban J connectivity index is 1.90. The summed E-state index contributed by atoms with van der Waals surface area (Å²) < 4.78 is 0.954. The number of rotatable bonds is 1. The summed E-state index contributed by atoms with van der Waals surface area (Å²) in [5.74, 6) is 0. The van der Waals surface area contributed by atoms with Crippen molar-refractivity contribution in [3.8, 4) is 0 Å². The number of nitrogens with zero attached hydrogens (tertiary/aromatic N) is 1. The lowest BCUT2D eigenvalue weighted by Crippen LogP contribution is -3.50. The molecule has 3 rings (SSSR count). The SMILES string of the molecule is [O-]/N=C1/CCCC12[I+]C2c1ccccc1. The second-order valence-corrected chi connectivity index (χ2v) is 7.93. The second kappa shape index (κ2) is 3.47. The van der Waals surface area contributed by atoms with E-state index in [1.54, 1.807) is 0 Å². The molecule has 1 aromatic carbocycles. The smallest absolute Gasteiger partial charge is 0.302 e. The van der Waals surface area contributed by atoms with Crippen LogP contribution in [0.25, 0.3) is 0 Å². The fraction of sp³-hybridized carbons (Fsp3) is 0.417. The van der Waals surface area contributed by atoms with Gasteiger partial charge in [-0.25, -0.2) is 0 Å². The van der Waals surface area contributed by atoms with Crippen LogP contribution in [-0.2, 0) is 0 Å². The summed E-state index contributed by atoms with van der Waals surface area (Å²) >= 11 is 0.128. The van der Waals surface area contributed by atoms with Crippen molar-refractivity contribution < 1.29 is 21.2 Å². The molecule has 78 valence electrons. The predicted octanol–water partition coefficient (Wildman–Crippen LogP) is -0.308. The highest BCUT2D eigenvalue weighted by atomic mass is 127. The van der Waals surface area contributed by atoms with E-state index in [-0.39, 0.29) is 24.6 Å². The van der Waals surface area contributed by atoms with Gasteiger partial charge in [0.05, 0.1) is 5.71 Å². The zero-order valence-corrected chi connectivity index (χ0v) is 10.5. The second-order valence-electron chi connectivity index (χ2n) is 4.14. The largest absolute Gasteiger partial charge is 0.792 e. The Kier molecular flexibility index (Phi) is 2.23. The van der Waals surface area contributed by atoms with E-state index in [0.29, 0.717) is 3.92 Å². The molecule has 2 atom stereocenters. The fourth-order valence-corrected chi connectivity index (χ4v) is 6.65. The summed E-state index contributed by atoms with van der Waals surface area (Å²) in [5, 5.41) is 14.0. The molecule has 15 heavy (non-hydrogen) atoms. The van der Waals surface area contributed by atoms with E-state index in [0.717, 1.165) is 12.1 Å². The van der Waals surface area contributed by atoms with Crippen LogP contribution >= 0.6 is 0 Å². The molecule has 0 radical (unpaired) electrons. The van der Waals surface area contributed by atoms with Crippen LogP contribution in [0.5, 0.6) is 0 Å². The molecule has 0 aromatic heterocycles. The van der Waals surface area contributed by atoms with Crippen LogP contribution in [0, 0.1) is 5.21 Å². The molecular formula is C12H12INO. The van der Waals surface area contributed by atoms with E-state index >= 15 is 0 Å². The summed E-state index contributed by atoms with van der Waals surface area (Å²) in [6, 6.07) is 10.6. The van der Waals surface area contributed by atoms with E-state index in [4.69, 9.17) is 0 Å². The molecule has 0 N–H and O–H groups in total. The highest BCUT2D eigenvalue weighted by molar-refractivity contribution is 5.96. The predicted molar refractivity (Wildman–Crippen MR) is 56.6 cm³/mol. The standard InChI is InChI=1S/C12H12INO/c15-14-10-7-4-8-12(10)11(13-12)9-5-2-1-3-6-9/h1-3,5-6,11H,4,7-8H2/b14-10-. The lowest BCUT2D eigenvalue weighted by Gasteiger charge is -2.02. The van der Waals surface area contributed by atoms with Gasteiger partial charge in [0.2, 0.25) is 3.92 Å². The first-order chi connectivity index (χ1) is 7.37. The van der Waals surface area contributed by atoms with Crippen LogP contribution in [-0.4, -0.2) is 9.13 Å². The van der Waals surface area contributed by atoms with Crippen molar-refractivity contribution in [1.82, 2.24) is 0 Å². The minimum absolute atomic E-state index is 0.128. The Bertz CT molecular complexity index is 403. The first kappa shape index (κ1) is 9.63. The minimum Gasteiger partial charge on any atom is -0.792 e. The Morgan fingerprint density at radius 2 is 2.13 bits per heavy atom. The van der Waals surface area contributed by atoms with Crippen LogP contribution in [0.15, 0.2) is 35.5 Å². The average Bonchev–Trinajstić information content (AvgIpc) is 2.85. The molecule has 3 heteroatoms. The summed E-state index contributed by atoms with van der Waals surface area (Å²) in [5.41, 5.74) is 2.40. The fourth-order valence-electron chi connectivity index (χ4n) is 2.49. The molecule has 2 nitrogen and oxygen atoms in total. The van der Waals surface area contributed by atoms with Gasteiger partial charge in [0.25, 0.3) is 3.42 Å². The van der Waals surface area contributed by atoms with Gasteiger partial charge in [-0.05, 0) is 12.8 Å². The van der Waals surface area contributed by atoms with Crippen molar-refractivity contribution in [1.29, 1.82) is 0 Å². The number of hydrogen-bond acceptors (Lipinski definition) is 2. The van der Waals surface area contributed by atoms with Gasteiger partial charge in [-0.3, -0.25) is 0 Å². The number of halogens is 1. The highest BCUT2D eigenvalue weighted by Crippen LogP contribution is 2.37. The Labute approximate surface area is 99.6 Å². The van der Waals surface area contributed by atoms with Crippen molar-refractivity contribution in [2.24, 2.45) is 5.16 Å². The van der Waals surface area contributed by atoms with Gasteiger partial charge in [-0.2, -0.15) is 0 Å². The maximum absolute atomic E-state index is 10.8. The third kappa shape index (κ3) is 1.40. The molecule has 2 aliphatic rings. The zero-order valence-electron chi connectivity index (χ0n) is 8.32. The van der Waals surface area contributed by atoms with Crippen LogP contribution in [0.4, 0.5) is 0 Å². The molecule has 1 saturated carbocycles. The maximum atomic E-state index is 10.8. The summed E-state index contributed by atoms with van der Waals surface area (Å²) in [4.78, 5) is 0. The normalized spacial score (nSPS) is 36.3. The molecule has 2 unspecified atom stereocenters. The monoisotopic (exact) mass is 313 g/mol. The molecule has 1 spiro atoms. The molecule has 0 bridgehead atoms. The number of hydrogen-bond donors (Lipinski definition) is 0. The molecule has 1 heterocycles.